The number of carbonyl (C=O) groups is 3. The molecule has 1 heterocycles. The van der Waals surface area contributed by atoms with Crippen LogP contribution >= 0.6 is 34.4 Å². The first-order chi connectivity index (χ1) is 18.3. The highest BCUT2D eigenvalue weighted by molar-refractivity contribution is 14.1. The molecule has 1 fully saturated rings. The van der Waals surface area contributed by atoms with Crippen molar-refractivity contribution in [2.75, 3.05) is 14.2 Å². The minimum absolute atomic E-state index is 0.0262. The smallest absolute Gasteiger partial charge is 0.336 e. The van der Waals surface area contributed by atoms with Crippen LogP contribution in [-0.2, 0) is 33.0 Å². The van der Waals surface area contributed by atoms with Crippen molar-refractivity contribution in [1.29, 1.82) is 0 Å². The molecule has 7 nitrogen and oxygen atoms in total. The van der Waals surface area contributed by atoms with Gasteiger partial charge in [0.05, 0.1) is 30.7 Å². The Balaban J connectivity index is 1.94. The molecule has 0 bridgehead atoms. The largest absolute Gasteiger partial charge is 0.467 e. The topological polar surface area (TPSA) is 88.1 Å². The molecule has 1 aliphatic rings. The van der Waals surface area contributed by atoms with Crippen LogP contribution in [0.4, 0.5) is 0 Å². The Morgan fingerprint density at radius 2 is 1.38 bits per heavy atom. The van der Waals surface area contributed by atoms with E-state index >= 15 is 0 Å². The Hall–Kier alpha value is -1.89. The van der Waals surface area contributed by atoms with E-state index in [0.717, 1.165) is 22.9 Å². The number of carbonyl (C=O) groups excluding carboxylic acids is 3. The number of esters is 3. The van der Waals surface area contributed by atoms with Crippen LogP contribution in [0.15, 0.2) is 60.7 Å². The van der Waals surface area contributed by atoms with Gasteiger partial charge in [0, 0.05) is 5.25 Å². The molecular weight excluding hydrogens is 647 g/mol. The summed E-state index contributed by atoms with van der Waals surface area (Å²) >= 11 is 3.27. The van der Waals surface area contributed by atoms with Gasteiger partial charge in [0.2, 0.25) is 4.75 Å². The zero-order valence-corrected chi connectivity index (χ0v) is 27.4. The van der Waals surface area contributed by atoms with E-state index in [4.69, 9.17) is 18.6 Å². The maximum absolute atomic E-state index is 13.4. The van der Waals surface area contributed by atoms with Crippen LogP contribution in [-0.4, -0.2) is 60.5 Å². The van der Waals surface area contributed by atoms with Gasteiger partial charge < -0.3 is 18.6 Å². The third-order valence-corrected chi connectivity index (χ3v) is 15.6. The van der Waals surface area contributed by atoms with Gasteiger partial charge in [0.1, 0.15) is 0 Å². The van der Waals surface area contributed by atoms with Gasteiger partial charge in [-0.05, 0) is 29.3 Å². The molecule has 1 aliphatic heterocycles. The molecule has 2 aromatic rings. The van der Waals surface area contributed by atoms with E-state index in [2.05, 4.69) is 56.5 Å². The number of thioether (sulfide) groups is 1. The molecule has 10 heteroatoms. The van der Waals surface area contributed by atoms with E-state index in [9.17, 15) is 14.4 Å². The SMILES string of the molecule is COC(=O)C1(C(=O)OC)S[C@@H](CC(=O)OC(c2ccccc2)c2ccccc2)[C@@H](I)[C@@H]1O[Si](C)(C)C(C)(C)C. The fourth-order valence-corrected chi connectivity index (χ4v) is 9.19. The van der Waals surface area contributed by atoms with E-state index in [1.807, 2.05) is 60.7 Å². The fourth-order valence-electron chi connectivity index (χ4n) is 4.23. The average molecular weight is 685 g/mol. The minimum Gasteiger partial charge on any atom is -0.467 e. The first kappa shape index (κ1) is 31.6. The van der Waals surface area contributed by atoms with E-state index in [-0.39, 0.29) is 15.4 Å². The number of hydrogen-bond donors (Lipinski definition) is 0. The lowest BCUT2D eigenvalue weighted by Gasteiger charge is -2.42. The van der Waals surface area contributed by atoms with Gasteiger partial charge in [-0.2, -0.15) is 0 Å². The number of hydrogen-bond acceptors (Lipinski definition) is 8. The minimum atomic E-state index is -2.45. The Bertz CT molecular complexity index is 1100. The molecule has 39 heavy (non-hydrogen) atoms. The normalized spacial score (nSPS) is 20.9. The summed E-state index contributed by atoms with van der Waals surface area (Å²) in [6.07, 6.45) is -1.47. The van der Waals surface area contributed by atoms with E-state index in [0.29, 0.717) is 0 Å². The molecule has 3 atom stereocenters. The fraction of sp³-hybridized carbons (Fsp3) is 0.483. The first-order valence-corrected chi connectivity index (χ1v) is 17.8. The third-order valence-electron chi connectivity index (χ3n) is 7.41. The van der Waals surface area contributed by atoms with Crippen molar-refractivity contribution < 1.29 is 33.0 Å². The summed E-state index contributed by atoms with van der Waals surface area (Å²) in [5.41, 5.74) is 1.69. The van der Waals surface area contributed by atoms with Crippen LogP contribution < -0.4 is 0 Å². The van der Waals surface area contributed by atoms with Crippen molar-refractivity contribution in [3.05, 3.63) is 71.8 Å². The molecule has 0 N–H and O–H groups in total. The quantitative estimate of drug-likeness (QED) is 0.0782. The highest BCUT2D eigenvalue weighted by atomic mass is 127. The summed E-state index contributed by atoms with van der Waals surface area (Å²) in [4.78, 5) is 40.0. The van der Waals surface area contributed by atoms with Crippen LogP contribution in [0, 0.1) is 0 Å². The molecule has 2 aromatic carbocycles. The zero-order valence-electron chi connectivity index (χ0n) is 23.4. The molecule has 0 spiro atoms. The summed E-state index contributed by atoms with van der Waals surface area (Å²) in [5.74, 6) is -1.93. The molecule has 1 saturated heterocycles. The summed E-state index contributed by atoms with van der Waals surface area (Å²) in [6.45, 7) is 10.4. The van der Waals surface area contributed by atoms with Crippen LogP contribution in [0.1, 0.15) is 44.4 Å². The molecule has 212 valence electrons. The monoisotopic (exact) mass is 684 g/mol. The van der Waals surface area contributed by atoms with Gasteiger partial charge in [0.15, 0.2) is 14.4 Å². The molecule has 0 radical (unpaired) electrons. The lowest BCUT2D eigenvalue weighted by molar-refractivity contribution is -0.159. The van der Waals surface area contributed by atoms with Crippen LogP contribution in [0.3, 0.4) is 0 Å². The van der Waals surface area contributed by atoms with Gasteiger partial charge in [-0.25, -0.2) is 9.59 Å². The number of rotatable bonds is 9. The maximum atomic E-state index is 13.4. The lowest BCUT2D eigenvalue weighted by atomic mass is 9.97. The number of ether oxygens (including phenoxy) is 3. The first-order valence-electron chi connectivity index (χ1n) is 12.7. The molecular formula is C29H37IO7SSi. The van der Waals surface area contributed by atoms with Gasteiger partial charge >= 0.3 is 17.9 Å². The Morgan fingerprint density at radius 3 is 1.79 bits per heavy atom. The summed E-state index contributed by atoms with van der Waals surface area (Å²) in [5, 5.41) is -0.639. The Kier molecular flexibility index (Phi) is 10.3. The number of halogens is 1. The standard InChI is InChI=1S/C29H37IO7SSi/c1-28(2,3)39(6,7)37-25-23(30)21(38-29(25,26(32)34-4)27(33)35-5)18-22(31)36-24(19-14-10-8-11-15-19)20-16-12-9-13-17-20/h8-17,21,23-25H,18H2,1-7H3/t21-,23+,25-/m0/s1. The molecule has 0 amide bonds. The average Bonchev–Trinajstić information content (AvgIpc) is 3.17. The number of benzene rings is 2. The van der Waals surface area contributed by atoms with E-state index in [1.165, 1.54) is 14.2 Å². The molecule has 0 saturated carbocycles. The van der Waals surface area contributed by atoms with E-state index < -0.39 is 48.4 Å². The van der Waals surface area contributed by atoms with Crippen molar-refractivity contribution >= 4 is 60.6 Å². The summed E-state index contributed by atoms with van der Waals surface area (Å²) < 4.78 is 20.9. The van der Waals surface area contributed by atoms with Gasteiger partial charge in [0.25, 0.3) is 0 Å². The highest BCUT2D eigenvalue weighted by Crippen LogP contribution is 2.53. The second kappa shape index (κ2) is 12.7. The van der Waals surface area contributed by atoms with Crippen LogP contribution in [0.5, 0.6) is 0 Å². The van der Waals surface area contributed by atoms with Crippen molar-refractivity contribution in [2.45, 2.75) is 71.5 Å². The van der Waals surface area contributed by atoms with Crippen molar-refractivity contribution in [3.63, 3.8) is 0 Å². The van der Waals surface area contributed by atoms with Gasteiger partial charge in [-0.15, -0.1) is 11.8 Å². The number of methoxy groups -OCH3 is 2. The van der Waals surface area contributed by atoms with E-state index in [1.54, 1.807) is 0 Å². The highest BCUT2D eigenvalue weighted by Gasteiger charge is 2.67. The van der Waals surface area contributed by atoms with Crippen molar-refractivity contribution in [1.82, 2.24) is 0 Å². The number of alkyl halides is 1. The summed E-state index contributed by atoms with van der Waals surface area (Å²) in [6, 6.07) is 19.1. The van der Waals surface area contributed by atoms with Crippen molar-refractivity contribution in [3.8, 4) is 0 Å². The molecule has 0 aliphatic carbocycles. The second-order valence-electron chi connectivity index (χ2n) is 11.0. The molecule has 0 aromatic heterocycles. The lowest BCUT2D eigenvalue weighted by Crippen LogP contribution is -2.59. The van der Waals surface area contributed by atoms with Crippen molar-refractivity contribution in [2.24, 2.45) is 0 Å². The summed E-state index contributed by atoms with van der Waals surface area (Å²) in [7, 11) is 0.0307. The predicted octanol–water partition coefficient (Wildman–Crippen LogP) is 6.10. The van der Waals surface area contributed by atoms with Crippen LogP contribution in [0.25, 0.3) is 0 Å². The van der Waals surface area contributed by atoms with Gasteiger partial charge in [-0.3, -0.25) is 4.79 Å². The predicted molar refractivity (Wildman–Crippen MR) is 163 cm³/mol. The Morgan fingerprint density at radius 1 is 0.923 bits per heavy atom. The van der Waals surface area contributed by atoms with Crippen LogP contribution in [0.2, 0.25) is 18.1 Å². The third kappa shape index (κ3) is 6.71. The molecule has 0 unspecified atom stereocenters. The second-order valence-corrected chi connectivity index (χ2v) is 18.7. The Labute approximate surface area is 250 Å². The maximum Gasteiger partial charge on any atom is 0.336 e. The van der Waals surface area contributed by atoms with Gasteiger partial charge in [-0.1, -0.05) is 104 Å². The zero-order chi connectivity index (χ0) is 29.0. The molecule has 3 rings (SSSR count).